The van der Waals surface area contributed by atoms with Crippen molar-refractivity contribution in [2.24, 2.45) is 0 Å². The van der Waals surface area contributed by atoms with Crippen LogP contribution < -0.4 is 4.74 Å². The van der Waals surface area contributed by atoms with Crippen molar-refractivity contribution in [1.82, 2.24) is 4.90 Å². The van der Waals surface area contributed by atoms with Gasteiger partial charge in [-0.2, -0.15) is 0 Å². The summed E-state index contributed by atoms with van der Waals surface area (Å²) in [6.45, 7) is 0.520. The second-order valence-electron chi connectivity index (χ2n) is 4.57. The van der Waals surface area contributed by atoms with E-state index in [4.69, 9.17) is 4.74 Å². The molecule has 0 saturated carbocycles. The molecule has 0 radical (unpaired) electrons. The molecule has 2 aromatic rings. The van der Waals surface area contributed by atoms with Crippen molar-refractivity contribution in [2.45, 2.75) is 0 Å². The molecule has 0 atom stereocenters. The topological polar surface area (TPSA) is 29.5 Å². The third-order valence-electron chi connectivity index (χ3n) is 2.64. The average Bonchev–Trinajstić information content (AvgIpc) is 2.46. The summed E-state index contributed by atoms with van der Waals surface area (Å²) in [6, 6.07) is 16.5. The van der Waals surface area contributed by atoms with E-state index < -0.39 is 0 Å². The number of carbonyl (C=O) groups excluding carboxylic acids is 1. The third-order valence-corrected chi connectivity index (χ3v) is 2.64. The van der Waals surface area contributed by atoms with Crippen LogP contribution in [0.2, 0.25) is 0 Å². The Labute approximate surface area is 113 Å². The van der Waals surface area contributed by atoms with E-state index in [2.05, 4.69) is 0 Å². The maximum absolute atomic E-state index is 12.2. The third kappa shape index (κ3) is 3.66. The summed E-state index contributed by atoms with van der Waals surface area (Å²) >= 11 is 0. The van der Waals surface area contributed by atoms with Crippen LogP contribution in [0.5, 0.6) is 5.75 Å². The van der Waals surface area contributed by atoms with Gasteiger partial charge in [0.15, 0.2) is 5.78 Å². The minimum absolute atomic E-state index is 0.0276. The summed E-state index contributed by atoms with van der Waals surface area (Å²) in [4.78, 5) is 14.1. The van der Waals surface area contributed by atoms with Crippen LogP contribution in [0.25, 0.3) is 0 Å². The van der Waals surface area contributed by atoms with Crippen molar-refractivity contribution in [3.05, 3.63) is 65.7 Å². The fraction of sp³-hybridized carbons (Fsp3) is 0.188. The molecule has 0 amide bonds. The maximum atomic E-state index is 12.2. The molecular weight excluding hydrogens is 238 g/mol. The maximum Gasteiger partial charge on any atom is 0.193 e. The summed E-state index contributed by atoms with van der Waals surface area (Å²) in [6.07, 6.45) is 0. The van der Waals surface area contributed by atoms with E-state index in [9.17, 15) is 4.79 Å². The number of rotatable bonds is 5. The molecule has 0 N–H and O–H groups in total. The zero-order chi connectivity index (χ0) is 13.7. The van der Waals surface area contributed by atoms with Crippen molar-refractivity contribution >= 4 is 5.78 Å². The highest BCUT2D eigenvalue weighted by atomic mass is 16.5. The summed E-state index contributed by atoms with van der Waals surface area (Å²) in [5.74, 6) is 0.790. The van der Waals surface area contributed by atoms with Crippen LogP contribution >= 0.6 is 0 Å². The minimum Gasteiger partial charge on any atom is -0.478 e. The number of ketones is 1. The van der Waals surface area contributed by atoms with Gasteiger partial charge >= 0.3 is 0 Å². The van der Waals surface area contributed by atoms with E-state index in [0.29, 0.717) is 17.9 Å². The zero-order valence-corrected chi connectivity index (χ0v) is 11.2. The van der Waals surface area contributed by atoms with Gasteiger partial charge in [-0.25, -0.2) is 0 Å². The number of hydrogen-bond acceptors (Lipinski definition) is 3. The van der Waals surface area contributed by atoms with Gasteiger partial charge in [0.25, 0.3) is 0 Å². The predicted octanol–water partition coefficient (Wildman–Crippen LogP) is 2.82. The van der Waals surface area contributed by atoms with E-state index in [-0.39, 0.29) is 5.78 Å². The predicted molar refractivity (Wildman–Crippen MR) is 75.5 cm³/mol. The number of nitrogens with zero attached hydrogens (tertiary/aromatic N) is 1. The summed E-state index contributed by atoms with van der Waals surface area (Å²) in [5.41, 5.74) is 1.37. The van der Waals surface area contributed by atoms with Gasteiger partial charge in [0.05, 0.1) is 0 Å². The van der Waals surface area contributed by atoms with E-state index in [1.807, 2.05) is 61.5 Å². The van der Waals surface area contributed by atoms with Crippen molar-refractivity contribution in [3.63, 3.8) is 0 Å². The van der Waals surface area contributed by atoms with Crippen LogP contribution in [0.3, 0.4) is 0 Å². The smallest absolute Gasteiger partial charge is 0.193 e. The van der Waals surface area contributed by atoms with Crippen LogP contribution in [-0.4, -0.2) is 31.5 Å². The Hall–Kier alpha value is -2.13. The Kier molecular flexibility index (Phi) is 4.31. The molecule has 3 heteroatoms. The molecule has 0 aromatic heterocycles. The quantitative estimate of drug-likeness (QED) is 0.608. The van der Waals surface area contributed by atoms with Crippen molar-refractivity contribution in [1.29, 1.82) is 0 Å². The Morgan fingerprint density at radius 1 is 0.947 bits per heavy atom. The molecule has 98 valence electrons. The lowest BCUT2D eigenvalue weighted by molar-refractivity contribution is 0.103. The highest BCUT2D eigenvalue weighted by molar-refractivity contribution is 6.08. The molecule has 0 aliphatic rings. The molecule has 0 heterocycles. The monoisotopic (exact) mass is 255 g/mol. The van der Waals surface area contributed by atoms with Crippen molar-refractivity contribution in [3.8, 4) is 5.75 Å². The first kappa shape index (κ1) is 13.3. The normalized spacial score (nSPS) is 10.5. The van der Waals surface area contributed by atoms with E-state index >= 15 is 0 Å². The highest BCUT2D eigenvalue weighted by Crippen LogP contribution is 2.15. The summed E-state index contributed by atoms with van der Waals surface area (Å²) in [7, 11) is 3.88. The zero-order valence-electron chi connectivity index (χ0n) is 11.2. The van der Waals surface area contributed by atoms with Crippen LogP contribution in [0, 0.1) is 0 Å². The molecule has 0 bridgehead atoms. The second kappa shape index (κ2) is 6.16. The van der Waals surface area contributed by atoms with Gasteiger partial charge in [0, 0.05) is 11.1 Å². The van der Waals surface area contributed by atoms with Crippen LogP contribution in [0.15, 0.2) is 54.6 Å². The fourth-order valence-corrected chi connectivity index (χ4v) is 1.66. The van der Waals surface area contributed by atoms with Gasteiger partial charge in [-0.05, 0) is 38.4 Å². The molecule has 19 heavy (non-hydrogen) atoms. The first-order valence-corrected chi connectivity index (χ1v) is 6.14. The molecule has 2 aromatic carbocycles. The number of hydrogen-bond donors (Lipinski definition) is 0. The SMILES string of the molecule is CN(C)COc1ccc(C(=O)c2ccccc2)cc1. The first-order valence-electron chi connectivity index (χ1n) is 6.14. The molecule has 0 saturated heterocycles. The molecule has 2 rings (SSSR count). The van der Waals surface area contributed by atoms with Gasteiger partial charge in [-0.3, -0.25) is 9.69 Å². The Balaban J connectivity index is 2.08. The average molecular weight is 255 g/mol. The molecule has 0 unspecified atom stereocenters. The molecule has 0 fully saturated rings. The van der Waals surface area contributed by atoms with E-state index in [0.717, 1.165) is 5.75 Å². The number of benzene rings is 2. The fourth-order valence-electron chi connectivity index (χ4n) is 1.66. The lowest BCUT2D eigenvalue weighted by Crippen LogP contribution is -2.18. The van der Waals surface area contributed by atoms with Gasteiger partial charge < -0.3 is 4.74 Å². The van der Waals surface area contributed by atoms with E-state index in [1.165, 1.54) is 0 Å². The van der Waals surface area contributed by atoms with Crippen LogP contribution in [0.4, 0.5) is 0 Å². The molecule has 0 aliphatic carbocycles. The summed E-state index contributed by atoms with van der Waals surface area (Å²) < 4.78 is 5.52. The Morgan fingerprint density at radius 3 is 2.11 bits per heavy atom. The number of ether oxygens (including phenoxy) is 1. The Morgan fingerprint density at radius 2 is 1.53 bits per heavy atom. The molecule has 3 nitrogen and oxygen atoms in total. The van der Waals surface area contributed by atoms with Gasteiger partial charge in [-0.15, -0.1) is 0 Å². The lowest BCUT2D eigenvalue weighted by Gasteiger charge is -2.11. The number of carbonyl (C=O) groups is 1. The van der Waals surface area contributed by atoms with Gasteiger partial charge in [0.2, 0.25) is 0 Å². The Bertz CT molecular complexity index is 532. The van der Waals surface area contributed by atoms with Crippen LogP contribution in [0.1, 0.15) is 15.9 Å². The first-order chi connectivity index (χ1) is 9.16. The van der Waals surface area contributed by atoms with Crippen LogP contribution in [-0.2, 0) is 0 Å². The molecule has 0 aliphatic heterocycles. The minimum atomic E-state index is 0.0276. The second-order valence-corrected chi connectivity index (χ2v) is 4.57. The van der Waals surface area contributed by atoms with Gasteiger partial charge in [0.1, 0.15) is 12.5 Å². The van der Waals surface area contributed by atoms with E-state index in [1.54, 1.807) is 12.1 Å². The molecule has 0 spiro atoms. The highest BCUT2D eigenvalue weighted by Gasteiger charge is 2.08. The standard InChI is InChI=1S/C16H17NO2/c1-17(2)12-19-15-10-8-14(9-11-15)16(18)13-6-4-3-5-7-13/h3-11H,12H2,1-2H3. The van der Waals surface area contributed by atoms with Crippen molar-refractivity contribution < 1.29 is 9.53 Å². The largest absolute Gasteiger partial charge is 0.478 e. The summed E-state index contributed by atoms with van der Waals surface area (Å²) in [5, 5.41) is 0. The molecular formula is C16H17NO2. The van der Waals surface area contributed by atoms with Gasteiger partial charge in [-0.1, -0.05) is 30.3 Å². The lowest BCUT2D eigenvalue weighted by atomic mass is 10.0. The van der Waals surface area contributed by atoms with Crippen molar-refractivity contribution in [2.75, 3.05) is 20.8 Å².